The lowest BCUT2D eigenvalue weighted by Gasteiger charge is -2.37. The molecule has 2 amide bonds. The molecule has 4 atom stereocenters. The van der Waals surface area contributed by atoms with Crippen LogP contribution in [0.1, 0.15) is 62.3 Å². The number of aliphatic hydroxyl groups excluding tert-OH is 1. The van der Waals surface area contributed by atoms with E-state index in [1.165, 1.54) is 5.19 Å². The Hall–Kier alpha value is -3.84. The van der Waals surface area contributed by atoms with Crippen molar-refractivity contribution in [1.29, 1.82) is 0 Å². The van der Waals surface area contributed by atoms with Crippen LogP contribution in [0.25, 0.3) is 0 Å². The normalized spacial score (nSPS) is 23.4. The van der Waals surface area contributed by atoms with Gasteiger partial charge in [-0.25, -0.2) is 0 Å². The van der Waals surface area contributed by atoms with Crippen LogP contribution in [-0.2, 0) is 39.4 Å². The third-order valence-corrected chi connectivity index (χ3v) is 16.7. The number of ether oxygens (including phenoxy) is 2. The van der Waals surface area contributed by atoms with E-state index in [1.54, 1.807) is 7.11 Å². The Morgan fingerprint density at radius 2 is 1.77 bits per heavy atom. The van der Waals surface area contributed by atoms with E-state index in [2.05, 4.69) is 64.5 Å². The van der Waals surface area contributed by atoms with Gasteiger partial charge in [0.25, 0.3) is 5.91 Å². The first kappa shape index (κ1) is 37.5. The molecule has 4 heterocycles. The van der Waals surface area contributed by atoms with Crippen LogP contribution in [0.15, 0.2) is 77.4 Å². The van der Waals surface area contributed by atoms with Gasteiger partial charge in [-0.05, 0) is 72.8 Å². The number of benzene rings is 3. The zero-order valence-electron chi connectivity index (χ0n) is 31.1. The topological polar surface area (TPSA) is 110 Å². The lowest BCUT2D eigenvalue weighted by Crippen LogP contribution is -2.51. The molecule has 12 heteroatoms. The maximum atomic E-state index is 15.2. The molecule has 7 rings (SSSR count). The molecule has 3 aliphatic heterocycles. The van der Waals surface area contributed by atoms with E-state index in [9.17, 15) is 9.90 Å². The highest BCUT2D eigenvalue weighted by atomic mass is 79.9. The third-order valence-electron chi connectivity index (χ3n) is 11.8. The minimum atomic E-state index is -2.32. The molecule has 0 bridgehead atoms. The number of amides is 2. The maximum Gasteiger partial charge on any atom is 0.264 e. The van der Waals surface area contributed by atoms with Gasteiger partial charge < -0.3 is 24.4 Å². The van der Waals surface area contributed by atoms with Crippen molar-refractivity contribution < 1.29 is 24.2 Å². The predicted molar refractivity (Wildman–Crippen MR) is 212 cm³/mol. The summed E-state index contributed by atoms with van der Waals surface area (Å²) < 4.78 is 15.5. The van der Waals surface area contributed by atoms with Gasteiger partial charge in [0.1, 0.15) is 5.75 Å². The van der Waals surface area contributed by atoms with Crippen LogP contribution in [0.2, 0.25) is 18.6 Å². The monoisotopic (exact) mass is 799 g/mol. The molecule has 1 aromatic heterocycles. The molecule has 53 heavy (non-hydrogen) atoms. The Bertz CT molecular complexity index is 1940. The summed E-state index contributed by atoms with van der Waals surface area (Å²) in [6.07, 6.45) is 7.54. The molecule has 4 aromatic rings. The van der Waals surface area contributed by atoms with Crippen LogP contribution in [0.3, 0.4) is 0 Å². The Morgan fingerprint density at radius 1 is 1.02 bits per heavy atom. The zero-order valence-corrected chi connectivity index (χ0v) is 33.7. The van der Waals surface area contributed by atoms with E-state index in [1.807, 2.05) is 69.2 Å². The average molecular weight is 801 g/mol. The van der Waals surface area contributed by atoms with Crippen LogP contribution in [-0.4, -0.2) is 66.4 Å². The highest BCUT2D eigenvalue weighted by Crippen LogP contribution is 2.60. The second-order valence-corrected chi connectivity index (χ2v) is 20.9. The molecule has 2 fully saturated rings. The van der Waals surface area contributed by atoms with Gasteiger partial charge >= 0.3 is 0 Å². The van der Waals surface area contributed by atoms with E-state index in [4.69, 9.17) is 9.47 Å². The van der Waals surface area contributed by atoms with Crippen molar-refractivity contribution >= 4 is 52.4 Å². The lowest BCUT2D eigenvalue weighted by molar-refractivity contribution is -0.146. The molecule has 0 unspecified atom stereocenters. The SMILES string of the molecule is COc1ccc([Si](C)(C)[C@@H]2[C@@H](CCn3cc(CCO)nn3)O[C@]3(C(=O)N(Cc4ccc(N5CCCCCCC5=O)cc4)c4ccc(Br)cc43)[C@H]2C)cc1. The number of aliphatic hydroxyl groups is 1. The van der Waals surface area contributed by atoms with Crippen LogP contribution in [0, 0.1) is 5.92 Å². The maximum absolute atomic E-state index is 15.2. The zero-order chi connectivity index (χ0) is 37.3. The van der Waals surface area contributed by atoms with Crippen molar-refractivity contribution in [3.8, 4) is 5.75 Å². The summed E-state index contributed by atoms with van der Waals surface area (Å²) in [5, 5.41) is 19.3. The van der Waals surface area contributed by atoms with Crippen LogP contribution in [0.5, 0.6) is 5.75 Å². The summed E-state index contributed by atoms with van der Waals surface area (Å²) in [6, 6.07) is 22.6. The van der Waals surface area contributed by atoms with Gasteiger partial charge in [-0.1, -0.05) is 83.5 Å². The predicted octanol–water partition coefficient (Wildman–Crippen LogP) is 6.73. The second kappa shape index (κ2) is 15.5. The lowest BCUT2D eigenvalue weighted by atomic mass is 9.82. The van der Waals surface area contributed by atoms with Gasteiger partial charge in [0.2, 0.25) is 5.91 Å². The Balaban J connectivity index is 1.22. The van der Waals surface area contributed by atoms with Crippen molar-refractivity contribution in [3.05, 3.63) is 94.2 Å². The number of hydrogen-bond acceptors (Lipinski definition) is 7. The molecule has 2 saturated heterocycles. The fraction of sp³-hybridized carbons (Fsp3) is 0.463. The summed E-state index contributed by atoms with van der Waals surface area (Å²) in [6.45, 7) is 8.70. The molecule has 10 nitrogen and oxygen atoms in total. The van der Waals surface area contributed by atoms with E-state index in [-0.39, 0.29) is 36.0 Å². The first-order valence-corrected chi connectivity index (χ1v) is 22.8. The number of fused-ring (bicyclic) bond motifs is 2. The number of aromatic nitrogens is 3. The summed E-state index contributed by atoms with van der Waals surface area (Å²) in [5.74, 6) is 0.817. The number of methoxy groups -OCH3 is 1. The van der Waals surface area contributed by atoms with Gasteiger partial charge in [0.05, 0.1) is 39.2 Å². The second-order valence-electron chi connectivity index (χ2n) is 15.3. The van der Waals surface area contributed by atoms with Crippen LogP contribution >= 0.6 is 15.9 Å². The Kier molecular flexibility index (Phi) is 10.9. The quantitative estimate of drug-likeness (QED) is 0.168. The third kappa shape index (κ3) is 7.11. The van der Waals surface area contributed by atoms with Crippen molar-refractivity contribution in [3.63, 3.8) is 0 Å². The minimum absolute atomic E-state index is 0.0179. The standard InChI is InChI=1S/C41H50BrN5O5Si/c1-28-39(53(3,4)34-17-15-33(51-2)16-18-34)37(20-23-45-27-31(21-24-48)43-44-45)52-41(28)35-25-30(42)12-19-36(35)47(40(41)50)26-29-10-13-32(14-11-29)46-22-8-6-5-7-9-38(46)49/h10-19,25,27-28,37,39,48H,5-9,20-24,26H2,1-4H3/t28-,37+,39-,41+/m0/s1. The van der Waals surface area contributed by atoms with Crippen molar-refractivity contribution in [2.24, 2.45) is 5.92 Å². The number of rotatable bonds is 11. The number of nitrogens with zero attached hydrogens (tertiary/aromatic N) is 5. The molecule has 0 radical (unpaired) electrons. The summed E-state index contributed by atoms with van der Waals surface area (Å²) in [4.78, 5) is 32.0. The van der Waals surface area contributed by atoms with E-state index in [0.717, 1.165) is 70.6 Å². The molecule has 0 saturated carbocycles. The first-order valence-electron chi connectivity index (χ1n) is 18.9. The largest absolute Gasteiger partial charge is 0.497 e. The summed E-state index contributed by atoms with van der Waals surface area (Å²) >= 11 is 3.72. The summed E-state index contributed by atoms with van der Waals surface area (Å²) in [5.41, 5.74) is 3.31. The molecular weight excluding hydrogens is 750 g/mol. The van der Waals surface area contributed by atoms with Crippen molar-refractivity contribution in [2.75, 3.05) is 30.1 Å². The van der Waals surface area contributed by atoms with Crippen LogP contribution < -0.4 is 19.7 Å². The Morgan fingerprint density at radius 3 is 2.51 bits per heavy atom. The number of aryl methyl sites for hydroxylation is 1. The van der Waals surface area contributed by atoms with Gasteiger partial charge in [0, 0.05) is 60.4 Å². The van der Waals surface area contributed by atoms with E-state index < -0.39 is 13.7 Å². The van der Waals surface area contributed by atoms with Crippen LogP contribution in [0.4, 0.5) is 11.4 Å². The van der Waals surface area contributed by atoms with Gasteiger partial charge in [-0.15, -0.1) is 5.10 Å². The molecule has 1 N–H and O–H groups in total. The number of halogens is 1. The first-order chi connectivity index (χ1) is 25.6. The summed E-state index contributed by atoms with van der Waals surface area (Å²) in [7, 11) is -0.637. The Labute approximate surface area is 321 Å². The minimum Gasteiger partial charge on any atom is -0.497 e. The highest BCUT2D eigenvalue weighted by Gasteiger charge is 2.66. The van der Waals surface area contributed by atoms with E-state index in [0.29, 0.717) is 32.4 Å². The molecule has 1 spiro atoms. The smallest absolute Gasteiger partial charge is 0.264 e. The number of carbonyl (C=O) groups excluding carboxylic acids is 2. The van der Waals surface area contributed by atoms with Crippen molar-refractivity contribution in [1.82, 2.24) is 15.0 Å². The molecule has 3 aliphatic rings. The fourth-order valence-corrected chi connectivity index (χ4v) is 13.5. The van der Waals surface area contributed by atoms with E-state index >= 15 is 4.79 Å². The molecule has 0 aliphatic carbocycles. The van der Waals surface area contributed by atoms with Gasteiger partial charge in [0.15, 0.2) is 5.60 Å². The average Bonchev–Trinajstić information content (AvgIpc) is 3.79. The highest BCUT2D eigenvalue weighted by molar-refractivity contribution is 9.10. The van der Waals surface area contributed by atoms with Gasteiger partial charge in [-0.2, -0.15) is 0 Å². The molecular formula is C41H50BrN5O5Si. The number of anilines is 2. The molecule has 3 aromatic carbocycles. The number of hydrogen-bond donors (Lipinski definition) is 1. The molecule has 280 valence electrons. The van der Waals surface area contributed by atoms with Crippen molar-refractivity contribution in [2.45, 2.75) is 95.3 Å². The number of carbonyl (C=O) groups is 2. The van der Waals surface area contributed by atoms with Gasteiger partial charge in [-0.3, -0.25) is 14.3 Å². The fourth-order valence-electron chi connectivity index (χ4n) is 9.05.